The van der Waals surface area contributed by atoms with Crippen LogP contribution in [0.15, 0.2) is 47.8 Å². The number of likely N-dealkylation sites (tertiary alicyclic amines) is 1. The molecule has 1 saturated heterocycles. The largest absolute Gasteiger partial charge is 0.481 e. The van der Waals surface area contributed by atoms with Gasteiger partial charge in [0.1, 0.15) is 0 Å². The van der Waals surface area contributed by atoms with Crippen LogP contribution in [0.1, 0.15) is 51.2 Å². The van der Waals surface area contributed by atoms with E-state index >= 15 is 0 Å². The number of aryl methyl sites for hydroxylation is 1. The summed E-state index contributed by atoms with van der Waals surface area (Å²) in [4.78, 5) is 26.7. The van der Waals surface area contributed by atoms with Crippen LogP contribution >= 0.6 is 11.3 Å². The van der Waals surface area contributed by atoms with E-state index in [2.05, 4.69) is 89.1 Å². The molecular weight excluding hydrogens is 544 g/mol. The van der Waals surface area contributed by atoms with Crippen molar-refractivity contribution in [2.75, 3.05) is 33.2 Å². The summed E-state index contributed by atoms with van der Waals surface area (Å²) in [6.45, 7) is 10.9. The third kappa shape index (κ3) is 7.60. The van der Waals surface area contributed by atoms with Gasteiger partial charge in [-0.25, -0.2) is 0 Å². The zero-order chi connectivity index (χ0) is 30.1. The average molecular weight is 587 g/mol. The van der Waals surface area contributed by atoms with Gasteiger partial charge in [0.2, 0.25) is 0 Å². The number of piperidine rings is 1. The zero-order valence-electron chi connectivity index (χ0n) is 25.1. The molecule has 0 aliphatic carbocycles. The summed E-state index contributed by atoms with van der Waals surface area (Å²) in [6, 6.07) is 15.4. The number of fused-ring (bicyclic) bond motifs is 3. The molecule has 8 heteroatoms. The monoisotopic (exact) mass is 586 g/mol. The minimum absolute atomic E-state index is 0.243. The number of hydrogen-bond acceptors (Lipinski definition) is 5. The van der Waals surface area contributed by atoms with Crippen LogP contribution in [0.25, 0.3) is 32.2 Å². The van der Waals surface area contributed by atoms with E-state index in [4.69, 9.17) is 5.11 Å². The molecule has 0 radical (unpaired) electrons. The van der Waals surface area contributed by atoms with E-state index in [1.54, 1.807) is 11.3 Å². The number of carbonyl (C=O) groups excluding carboxylic acids is 1. The number of amides is 1. The maximum absolute atomic E-state index is 12.3. The first-order chi connectivity index (χ1) is 20.4. The standard InChI is InChI=1S/C31H34N4O3S.C3H8/c1-3-35-27-8-4-21(19-32-2)16-26(27)25-7-6-24(18-28(25)35)29-17-22(20-39-29)5-9-30(36)33-12-15-34-13-10-23(11-14-34)31(37)38;1-3-2/h4,6-8,16-18,20,23,32H,3,10-15,19H2,1-2H3,(H,33,36)(H,37,38);3H2,1-2H3. The average Bonchev–Trinajstić information content (AvgIpc) is 3.59. The van der Waals surface area contributed by atoms with Crippen LogP contribution in [-0.2, 0) is 22.7 Å². The van der Waals surface area contributed by atoms with E-state index in [1.165, 1.54) is 33.8 Å². The van der Waals surface area contributed by atoms with Gasteiger partial charge >= 0.3 is 5.97 Å². The Labute approximate surface area is 252 Å². The van der Waals surface area contributed by atoms with Gasteiger partial charge in [0.15, 0.2) is 0 Å². The Kier molecular flexibility index (Phi) is 11.2. The third-order valence-corrected chi connectivity index (χ3v) is 8.46. The van der Waals surface area contributed by atoms with E-state index in [0.29, 0.717) is 25.9 Å². The van der Waals surface area contributed by atoms with Crippen LogP contribution in [0.3, 0.4) is 0 Å². The van der Waals surface area contributed by atoms with Crippen LogP contribution in [0.5, 0.6) is 0 Å². The van der Waals surface area contributed by atoms with Gasteiger partial charge in [-0.2, -0.15) is 0 Å². The molecule has 42 heavy (non-hydrogen) atoms. The highest BCUT2D eigenvalue weighted by atomic mass is 32.1. The van der Waals surface area contributed by atoms with Gasteiger partial charge in [-0.3, -0.25) is 9.59 Å². The van der Waals surface area contributed by atoms with E-state index in [0.717, 1.165) is 42.2 Å². The summed E-state index contributed by atoms with van der Waals surface area (Å²) < 4.78 is 2.37. The summed E-state index contributed by atoms with van der Waals surface area (Å²) in [5.74, 6) is 4.46. The van der Waals surface area contributed by atoms with E-state index < -0.39 is 5.97 Å². The molecule has 5 rings (SSSR count). The highest BCUT2D eigenvalue weighted by Crippen LogP contribution is 2.35. The van der Waals surface area contributed by atoms with Crippen molar-refractivity contribution < 1.29 is 14.7 Å². The van der Waals surface area contributed by atoms with Crippen LogP contribution in [-0.4, -0.2) is 59.7 Å². The predicted molar refractivity (Wildman–Crippen MR) is 174 cm³/mol. The summed E-state index contributed by atoms with van der Waals surface area (Å²) in [5, 5.41) is 19.7. The van der Waals surface area contributed by atoms with Crippen molar-refractivity contribution in [1.82, 2.24) is 20.1 Å². The highest BCUT2D eigenvalue weighted by molar-refractivity contribution is 7.13. The summed E-state index contributed by atoms with van der Waals surface area (Å²) in [6.07, 6.45) is 2.57. The van der Waals surface area contributed by atoms with Crippen LogP contribution in [0.2, 0.25) is 0 Å². The maximum Gasteiger partial charge on any atom is 0.306 e. The van der Waals surface area contributed by atoms with Gasteiger partial charge in [0.25, 0.3) is 5.91 Å². The third-order valence-electron chi connectivity index (χ3n) is 7.48. The molecule has 0 saturated carbocycles. The molecule has 1 aliphatic rings. The number of aliphatic carboxylic acids is 1. The lowest BCUT2D eigenvalue weighted by atomic mass is 9.97. The molecule has 1 amide bonds. The number of thiophene rings is 1. The molecule has 2 aromatic carbocycles. The van der Waals surface area contributed by atoms with E-state index in [-0.39, 0.29) is 11.8 Å². The number of hydrogen-bond donors (Lipinski definition) is 3. The van der Waals surface area contributed by atoms with Gasteiger partial charge in [-0.1, -0.05) is 44.4 Å². The molecule has 7 nitrogen and oxygen atoms in total. The smallest absolute Gasteiger partial charge is 0.306 e. The Bertz CT molecular complexity index is 1580. The van der Waals surface area contributed by atoms with Crippen LogP contribution < -0.4 is 10.6 Å². The molecular formula is C34H42N4O3S. The lowest BCUT2D eigenvalue weighted by molar-refractivity contribution is -0.143. The molecule has 0 spiro atoms. The Morgan fingerprint density at radius 3 is 2.48 bits per heavy atom. The Morgan fingerprint density at radius 1 is 1.02 bits per heavy atom. The molecule has 3 heterocycles. The SMILES string of the molecule is CCC.CCn1c2ccc(CNC)cc2c2ccc(-c3cc(C#CC(=O)NCCN4CCC(C(=O)O)CC4)cs3)cc21. The Hall–Kier alpha value is -3.64. The fraction of sp³-hybridized carbons (Fsp3) is 0.412. The van der Waals surface area contributed by atoms with Crippen molar-refractivity contribution in [1.29, 1.82) is 0 Å². The minimum atomic E-state index is -0.710. The number of carboxylic acids is 1. The second-order valence-corrected chi connectivity index (χ2v) is 11.6. The number of benzene rings is 2. The molecule has 222 valence electrons. The molecule has 1 fully saturated rings. The molecule has 0 atom stereocenters. The predicted octanol–water partition coefficient (Wildman–Crippen LogP) is 5.94. The maximum atomic E-state index is 12.3. The van der Waals surface area contributed by atoms with Crippen molar-refractivity contribution in [3.8, 4) is 22.3 Å². The lowest BCUT2D eigenvalue weighted by Crippen LogP contribution is -2.40. The van der Waals surface area contributed by atoms with Crippen LogP contribution in [0.4, 0.5) is 0 Å². The molecule has 1 aliphatic heterocycles. The fourth-order valence-corrected chi connectivity index (χ4v) is 6.25. The lowest BCUT2D eigenvalue weighted by Gasteiger charge is -2.29. The van der Waals surface area contributed by atoms with E-state index in [9.17, 15) is 9.59 Å². The van der Waals surface area contributed by atoms with Crippen molar-refractivity contribution >= 4 is 45.0 Å². The first-order valence-electron chi connectivity index (χ1n) is 14.9. The van der Waals surface area contributed by atoms with Gasteiger partial charge in [0.05, 0.1) is 5.92 Å². The molecule has 0 bridgehead atoms. The van der Waals surface area contributed by atoms with Crippen molar-refractivity contribution in [3.63, 3.8) is 0 Å². The highest BCUT2D eigenvalue weighted by Gasteiger charge is 2.24. The van der Waals surface area contributed by atoms with Crippen LogP contribution in [0, 0.1) is 17.8 Å². The number of carboxylic acid groups (broad SMARTS) is 1. The van der Waals surface area contributed by atoms with E-state index in [1.807, 2.05) is 18.5 Å². The van der Waals surface area contributed by atoms with Crippen molar-refractivity contribution in [2.45, 2.75) is 53.1 Å². The first-order valence-corrected chi connectivity index (χ1v) is 15.8. The summed E-state index contributed by atoms with van der Waals surface area (Å²) in [7, 11) is 1.97. The second-order valence-electron chi connectivity index (χ2n) is 10.7. The minimum Gasteiger partial charge on any atom is -0.481 e. The molecule has 3 N–H and O–H groups in total. The van der Waals surface area contributed by atoms with Gasteiger partial charge in [0, 0.05) is 69.7 Å². The number of carbonyl (C=O) groups is 2. The Morgan fingerprint density at radius 2 is 1.79 bits per heavy atom. The summed E-state index contributed by atoms with van der Waals surface area (Å²) >= 11 is 1.63. The van der Waals surface area contributed by atoms with Crippen molar-refractivity contribution in [2.24, 2.45) is 5.92 Å². The normalized spacial score (nSPS) is 13.8. The summed E-state index contributed by atoms with van der Waals surface area (Å²) in [5.41, 5.74) is 5.71. The molecule has 2 aromatic heterocycles. The molecule has 0 unspecified atom stereocenters. The first kappa shape index (κ1) is 31.3. The Balaban J connectivity index is 0.00000129. The molecule has 4 aromatic rings. The number of nitrogens with one attached hydrogen (secondary N) is 2. The quantitative estimate of drug-likeness (QED) is 0.223. The zero-order valence-corrected chi connectivity index (χ0v) is 25.9. The van der Waals surface area contributed by atoms with Gasteiger partial charge in [-0.05, 0) is 75.3 Å². The number of nitrogens with zero attached hydrogens (tertiary/aromatic N) is 2. The van der Waals surface area contributed by atoms with Crippen molar-refractivity contribution in [3.05, 3.63) is 59.0 Å². The second kappa shape index (κ2) is 15.0. The number of rotatable bonds is 8. The van der Waals surface area contributed by atoms with Gasteiger partial charge in [-0.15, -0.1) is 11.3 Å². The fourth-order valence-electron chi connectivity index (χ4n) is 5.41. The van der Waals surface area contributed by atoms with Gasteiger partial charge < -0.3 is 25.2 Å². The number of aromatic nitrogens is 1. The topological polar surface area (TPSA) is 86.6 Å².